The van der Waals surface area contributed by atoms with Crippen LogP contribution in [0.3, 0.4) is 0 Å². The van der Waals surface area contributed by atoms with E-state index in [9.17, 15) is 4.79 Å². The first-order chi connectivity index (χ1) is 10.8. The number of aromatic nitrogens is 1. The second-order valence-electron chi connectivity index (χ2n) is 5.04. The molecule has 1 heterocycles. The minimum atomic E-state index is -0.448. The van der Waals surface area contributed by atoms with E-state index >= 15 is 0 Å². The van der Waals surface area contributed by atoms with Gasteiger partial charge in [0.2, 0.25) is 0 Å². The Morgan fingerprint density at radius 2 is 1.86 bits per heavy atom. The molecule has 0 unspecified atom stereocenters. The number of ketones is 1. The molecule has 0 radical (unpaired) electrons. The average molecular weight is 288 g/mol. The monoisotopic (exact) mass is 288 g/mol. The van der Waals surface area contributed by atoms with Crippen LogP contribution in [0.2, 0.25) is 0 Å². The Bertz CT molecular complexity index is 827. The second-order valence-corrected chi connectivity index (χ2v) is 5.04. The fraction of sp³-hybridized carbons (Fsp3) is 0.105. The van der Waals surface area contributed by atoms with Gasteiger partial charge in [-0.2, -0.15) is 0 Å². The van der Waals surface area contributed by atoms with Gasteiger partial charge < -0.3 is 4.98 Å². The van der Waals surface area contributed by atoms with E-state index in [2.05, 4.69) is 16.2 Å². The van der Waals surface area contributed by atoms with Crippen LogP contribution < -0.4 is 5.32 Å². The van der Waals surface area contributed by atoms with Gasteiger partial charge in [0.15, 0.2) is 5.78 Å². The number of nitrogens with one attached hydrogen (secondary N) is 2. The lowest BCUT2D eigenvalue weighted by Gasteiger charge is -2.16. The van der Waals surface area contributed by atoms with Gasteiger partial charge in [0.25, 0.3) is 0 Å². The molecule has 2 N–H and O–H groups in total. The third-order valence-electron chi connectivity index (χ3n) is 3.66. The van der Waals surface area contributed by atoms with Crippen LogP contribution in [0.4, 0.5) is 0 Å². The van der Waals surface area contributed by atoms with E-state index in [1.807, 2.05) is 54.6 Å². The molecule has 3 rings (SSSR count). The Labute approximate surface area is 129 Å². The number of carbonyl (C=O) groups is 1. The van der Waals surface area contributed by atoms with Crippen molar-refractivity contribution in [2.24, 2.45) is 0 Å². The minimum absolute atomic E-state index is 0.0129. The number of para-hydroxylation sites is 1. The number of benzene rings is 2. The van der Waals surface area contributed by atoms with E-state index < -0.39 is 6.04 Å². The number of hydrogen-bond acceptors (Lipinski definition) is 2. The predicted octanol–water partition coefficient (Wildman–Crippen LogP) is 3.31. The fourth-order valence-electron chi connectivity index (χ4n) is 2.60. The highest BCUT2D eigenvalue weighted by molar-refractivity contribution is 6.10. The van der Waals surface area contributed by atoms with Crippen LogP contribution in [0, 0.1) is 12.3 Å². The summed E-state index contributed by atoms with van der Waals surface area (Å²) in [7, 11) is 0. The number of terminal acetylenes is 1. The van der Waals surface area contributed by atoms with E-state index in [0.717, 1.165) is 16.5 Å². The normalized spacial score (nSPS) is 12.0. The highest BCUT2D eigenvalue weighted by Crippen LogP contribution is 2.24. The third kappa shape index (κ3) is 2.65. The summed E-state index contributed by atoms with van der Waals surface area (Å²) >= 11 is 0. The average Bonchev–Trinajstić information content (AvgIpc) is 3.00. The standard InChI is InChI=1S/C19H16N2O/c1-2-12-20-18(14-8-4-3-5-9-14)19(22)16-13-21-17-11-7-6-10-15(16)17/h1,3-11,13,18,20-21H,12H2/t18-/m1/s1. The van der Waals surface area contributed by atoms with Crippen LogP contribution in [0.1, 0.15) is 22.0 Å². The molecule has 108 valence electrons. The molecule has 0 aliphatic rings. The molecule has 0 saturated heterocycles. The summed E-state index contributed by atoms with van der Waals surface area (Å²) in [6.07, 6.45) is 7.10. The van der Waals surface area contributed by atoms with Crippen molar-refractivity contribution in [1.29, 1.82) is 0 Å². The van der Waals surface area contributed by atoms with Gasteiger partial charge in [0.1, 0.15) is 0 Å². The number of carbonyl (C=O) groups excluding carboxylic acids is 1. The van der Waals surface area contributed by atoms with E-state index in [0.29, 0.717) is 12.1 Å². The molecule has 3 aromatic rings. The number of H-pyrrole nitrogens is 1. The van der Waals surface area contributed by atoms with Gasteiger partial charge in [-0.15, -0.1) is 6.42 Å². The summed E-state index contributed by atoms with van der Waals surface area (Å²) in [5.74, 6) is 2.55. The van der Waals surface area contributed by atoms with Gasteiger partial charge in [-0.25, -0.2) is 0 Å². The SMILES string of the molecule is C#CCN[C@@H](C(=O)c1c[nH]c2ccccc12)c1ccccc1. The highest BCUT2D eigenvalue weighted by atomic mass is 16.1. The highest BCUT2D eigenvalue weighted by Gasteiger charge is 2.23. The first-order valence-electron chi connectivity index (χ1n) is 7.13. The zero-order chi connectivity index (χ0) is 15.4. The number of fused-ring (bicyclic) bond motifs is 1. The quantitative estimate of drug-likeness (QED) is 0.559. The maximum absolute atomic E-state index is 13.0. The lowest BCUT2D eigenvalue weighted by Crippen LogP contribution is -2.29. The number of aromatic amines is 1. The lowest BCUT2D eigenvalue weighted by molar-refractivity contribution is 0.0947. The topological polar surface area (TPSA) is 44.9 Å². The Hall–Kier alpha value is -2.83. The first kappa shape index (κ1) is 14.1. The van der Waals surface area contributed by atoms with Gasteiger partial charge in [-0.1, -0.05) is 54.5 Å². The number of hydrogen-bond donors (Lipinski definition) is 2. The summed E-state index contributed by atoms with van der Waals surface area (Å²) in [4.78, 5) is 16.1. The third-order valence-corrected chi connectivity index (χ3v) is 3.66. The maximum atomic E-state index is 13.0. The molecule has 0 spiro atoms. The van der Waals surface area contributed by atoms with Crippen molar-refractivity contribution in [3.63, 3.8) is 0 Å². The Morgan fingerprint density at radius 3 is 2.64 bits per heavy atom. The van der Waals surface area contributed by atoms with Crippen molar-refractivity contribution in [2.75, 3.05) is 6.54 Å². The van der Waals surface area contributed by atoms with Crippen LogP contribution in [-0.4, -0.2) is 17.3 Å². The van der Waals surface area contributed by atoms with Crippen LogP contribution in [0.5, 0.6) is 0 Å². The molecule has 0 aliphatic carbocycles. The van der Waals surface area contributed by atoms with Gasteiger partial charge in [-0.3, -0.25) is 10.1 Å². The molecule has 2 aromatic carbocycles. The van der Waals surface area contributed by atoms with Crippen molar-refractivity contribution >= 4 is 16.7 Å². The summed E-state index contributed by atoms with van der Waals surface area (Å²) in [5, 5.41) is 4.07. The maximum Gasteiger partial charge on any atom is 0.186 e. The van der Waals surface area contributed by atoms with Crippen molar-refractivity contribution in [2.45, 2.75) is 6.04 Å². The van der Waals surface area contributed by atoms with Crippen molar-refractivity contribution in [3.05, 3.63) is 71.9 Å². The number of Topliss-reactive ketones (excluding diaryl/α,β-unsaturated/α-hetero) is 1. The summed E-state index contributed by atoms with van der Waals surface area (Å²) in [5.41, 5.74) is 2.54. The number of rotatable bonds is 5. The van der Waals surface area contributed by atoms with Crippen LogP contribution >= 0.6 is 0 Å². The van der Waals surface area contributed by atoms with Gasteiger partial charge in [0, 0.05) is 22.7 Å². The van der Waals surface area contributed by atoms with Crippen LogP contribution in [0.25, 0.3) is 10.9 Å². The molecule has 0 amide bonds. The predicted molar refractivity (Wildman–Crippen MR) is 88.6 cm³/mol. The Morgan fingerprint density at radius 1 is 1.14 bits per heavy atom. The molecule has 0 fully saturated rings. The van der Waals surface area contributed by atoms with Crippen molar-refractivity contribution in [3.8, 4) is 12.3 Å². The largest absolute Gasteiger partial charge is 0.360 e. The zero-order valence-electron chi connectivity index (χ0n) is 12.0. The molecule has 1 aromatic heterocycles. The fourth-order valence-corrected chi connectivity index (χ4v) is 2.60. The second kappa shape index (κ2) is 6.30. The summed E-state index contributed by atoms with van der Waals surface area (Å²) in [6.45, 7) is 0.341. The molecule has 22 heavy (non-hydrogen) atoms. The first-order valence-corrected chi connectivity index (χ1v) is 7.13. The summed E-state index contributed by atoms with van der Waals surface area (Å²) < 4.78 is 0. The zero-order valence-corrected chi connectivity index (χ0v) is 12.0. The molecule has 1 atom stereocenters. The minimum Gasteiger partial charge on any atom is -0.360 e. The van der Waals surface area contributed by atoms with Crippen LogP contribution in [-0.2, 0) is 0 Å². The van der Waals surface area contributed by atoms with Gasteiger partial charge in [0.05, 0.1) is 12.6 Å². The van der Waals surface area contributed by atoms with E-state index in [1.54, 1.807) is 6.20 Å². The molecule has 0 bridgehead atoms. The Balaban J connectivity index is 2.00. The van der Waals surface area contributed by atoms with E-state index in [4.69, 9.17) is 6.42 Å². The van der Waals surface area contributed by atoms with E-state index in [1.165, 1.54) is 0 Å². The smallest absolute Gasteiger partial charge is 0.186 e. The van der Waals surface area contributed by atoms with Crippen LogP contribution in [0.15, 0.2) is 60.8 Å². The van der Waals surface area contributed by atoms with E-state index in [-0.39, 0.29) is 5.78 Å². The molecule has 0 aliphatic heterocycles. The Kier molecular flexibility index (Phi) is 4.04. The molecular formula is C19H16N2O. The molecule has 3 nitrogen and oxygen atoms in total. The molecule has 3 heteroatoms. The van der Waals surface area contributed by atoms with Crippen molar-refractivity contribution < 1.29 is 4.79 Å². The van der Waals surface area contributed by atoms with Crippen molar-refractivity contribution in [1.82, 2.24) is 10.3 Å². The van der Waals surface area contributed by atoms with Gasteiger partial charge >= 0.3 is 0 Å². The lowest BCUT2D eigenvalue weighted by atomic mass is 9.97. The molecular weight excluding hydrogens is 272 g/mol. The van der Waals surface area contributed by atoms with Gasteiger partial charge in [-0.05, 0) is 11.6 Å². The molecule has 0 saturated carbocycles. The summed E-state index contributed by atoms with van der Waals surface area (Å²) in [6, 6.07) is 17.0.